The molecule has 0 fully saturated rings. The summed E-state index contributed by atoms with van der Waals surface area (Å²) >= 11 is 0. The van der Waals surface area contributed by atoms with Crippen LogP contribution in [0.3, 0.4) is 0 Å². The second kappa shape index (κ2) is 9.54. The molecule has 2 aromatic heterocycles. The van der Waals surface area contributed by atoms with Crippen molar-refractivity contribution in [1.82, 2.24) is 20.2 Å². The van der Waals surface area contributed by atoms with Gasteiger partial charge >= 0.3 is 6.09 Å². The third-order valence-electron chi connectivity index (χ3n) is 5.86. The first kappa shape index (κ1) is 22.5. The molecule has 35 heavy (non-hydrogen) atoms. The first-order valence-electron chi connectivity index (χ1n) is 11.5. The average Bonchev–Trinajstić information content (AvgIpc) is 3.27. The zero-order chi connectivity index (χ0) is 24.4. The van der Waals surface area contributed by atoms with Gasteiger partial charge in [-0.2, -0.15) is 5.10 Å². The van der Waals surface area contributed by atoms with E-state index in [2.05, 4.69) is 25.5 Å². The Labute approximate surface area is 199 Å². The van der Waals surface area contributed by atoms with Crippen molar-refractivity contribution in [1.29, 1.82) is 0 Å². The number of rotatable bonds is 6. The third-order valence-corrected chi connectivity index (χ3v) is 5.86. The molecule has 8 nitrogen and oxygen atoms in total. The number of imidazole rings is 1. The van der Waals surface area contributed by atoms with E-state index in [0.29, 0.717) is 40.4 Å². The molecule has 0 radical (unpaired) electrons. The van der Waals surface area contributed by atoms with Crippen LogP contribution in [-0.2, 0) is 11.2 Å². The maximum atomic E-state index is 14.8. The molecule has 2 aromatic carbocycles. The molecule has 0 saturated carbocycles. The maximum Gasteiger partial charge on any atom is 0.413 e. The highest BCUT2D eigenvalue weighted by Crippen LogP contribution is 2.28. The molecule has 0 bridgehead atoms. The SMILES string of the molecule is CCCOC(=O)Nc1nc2cc(-c3cc(Cc4n[nH]c(=O)c5c4=CCCC=5)ccc3F)ccc2[nH]1. The highest BCUT2D eigenvalue weighted by atomic mass is 19.1. The van der Waals surface area contributed by atoms with Gasteiger partial charge in [0, 0.05) is 22.4 Å². The number of aromatic nitrogens is 4. The van der Waals surface area contributed by atoms with E-state index < -0.39 is 6.09 Å². The van der Waals surface area contributed by atoms with Gasteiger partial charge in [-0.3, -0.25) is 10.1 Å². The highest BCUT2D eigenvalue weighted by molar-refractivity contribution is 5.88. The van der Waals surface area contributed by atoms with E-state index in [1.807, 2.05) is 19.1 Å². The van der Waals surface area contributed by atoms with Crippen LogP contribution in [-0.4, -0.2) is 32.9 Å². The first-order chi connectivity index (χ1) is 17.0. The van der Waals surface area contributed by atoms with E-state index in [4.69, 9.17) is 4.74 Å². The van der Waals surface area contributed by atoms with Crippen molar-refractivity contribution in [3.05, 3.63) is 74.3 Å². The summed E-state index contributed by atoms with van der Waals surface area (Å²) in [6, 6.07) is 10.3. The van der Waals surface area contributed by atoms with Crippen molar-refractivity contribution >= 4 is 35.2 Å². The van der Waals surface area contributed by atoms with Crippen LogP contribution in [0.5, 0.6) is 0 Å². The number of nitrogens with one attached hydrogen (secondary N) is 3. The Balaban J connectivity index is 1.45. The quantitative estimate of drug-likeness (QED) is 0.398. The number of fused-ring (bicyclic) bond motifs is 2. The minimum Gasteiger partial charge on any atom is -0.449 e. The Kier molecular flexibility index (Phi) is 6.13. The molecular formula is C26H24FN5O3. The van der Waals surface area contributed by atoms with Crippen LogP contribution < -0.4 is 21.3 Å². The summed E-state index contributed by atoms with van der Waals surface area (Å²) in [6.45, 7) is 2.23. The molecule has 1 amide bonds. The number of amides is 1. The van der Waals surface area contributed by atoms with Crippen LogP contribution in [0.25, 0.3) is 34.3 Å². The highest BCUT2D eigenvalue weighted by Gasteiger charge is 2.13. The number of carbonyl (C=O) groups excluding carboxylic acids is 1. The number of carbonyl (C=O) groups is 1. The van der Waals surface area contributed by atoms with Crippen LogP contribution >= 0.6 is 0 Å². The molecule has 1 aliphatic rings. The fraction of sp³-hybridized carbons (Fsp3) is 0.231. The van der Waals surface area contributed by atoms with E-state index in [1.54, 1.807) is 30.3 Å². The van der Waals surface area contributed by atoms with Gasteiger partial charge in [-0.1, -0.05) is 31.2 Å². The standard InChI is InChI=1S/C26H24FN5O3/c1-2-11-35-26(34)30-25-28-21-10-8-16(14-23(21)29-25)19-12-15(7-9-20(19)27)13-22-17-5-3-4-6-18(17)24(33)32-31-22/h5-10,12,14H,2-4,11,13H2,1H3,(H,32,33)(H2,28,29,30,34). The smallest absolute Gasteiger partial charge is 0.413 e. The summed E-state index contributed by atoms with van der Waals surface area (Å²) in [6.07, 6.45) is 6.24. The number of nitrogens with zero attached hydrogens (tertiary/aromatic N) is 2. The summed E-state index contributed by atoms with van der Waals surface area (Å²) in [5.74, 6) is -0.101. The molecule has 0 atom stereocenters. The van der Waals surface area contributed by atoms with Gasteiger partial charge in [-0.05, 0) is 54.7 Å². The Morgan fingerprint density at radius 2 is 1.97 bits per heavy atom. The molecular weight excluding hydrogens is 449 g/mol. The largest absolute Gasteiger partial charge is 0.449 e. The van der Waals surface area contributed by atoms with Crippen molar-refractivity contribution in [2.75, 3.05) is 11.9 Å². The van der Waals surface area contributed by atoms with Gasteiger partial charge in [-0.25, -0.2) is 19.3 Å². The van der Waals surface area contributed by atoms with Gasteiger partial charge in [-0.15, -0.1) is 0 Å². The van der Waals surface area contributed by atoms with Crippen LogP contribution in [0.2, 0.25) is 0 Å². The second-order valence-electron chi connectivity index (χ2n) is 8.38. The van der Waals surface area contributed by atoms with Crippen LogP contribution in [0.1, 0.15) is 37.4 Å². The predicted octanol–water partition coefficient (Wildman–Crippen LogP) is 3.36. The number of benzene rings is 2. The molecule has 0 aliphatic heterocycles. The van der Waals surface area contributed by atoms with Crippen LogP contribution in [0, 0.1) is 5.82 Å². The average molecular weight is 474 g/mol. The van der Waals surface area contributed by atoms with Gasteiger partial charge in [0.1, 0.15) is 5.82 Å². The lowest BCUT2D eigenvalue weighted by Crippen LogP contribution is -2.45. The molecule has 178 valence electrons. The van der Waals surface area contributed by atoms with Crippen LogP contribution in [0.4, 0.5) is 15.1 Å². The molecule has 1 aliphatic carbocycles. The first-order valence-corrected chi connectivity index (χ1v) is 11.5. The normalized spacial score (nSPS) is 12.5. The fourth-order valence-electron chi connectivity index (χ4n) is 4.19. The van der Waals surface area contributed by atoms with E-state index in [9.17, 15) is 14.0 Å². The number of ether oxygens (including phenoxy) is 1. The minimum atomic E-state index is -0.585. The molecule has 2 heterocycles. The molecule has 5 rings (SSSR count). The number of aromatic amines is 2. The minimum absolute atomic E-state index is 0.195. The Morgan fingerprint density at radius 1 is 1.14 bits per heavy atom. The van der Waals surface area contributed by atoms with Crippen LogP contribution in [0.15, 0.2) is 41.2 Å². The van der Waals surface area contributed by atoms with Crippen molar-refractivity contribution in [2.45, 2.75) is 32.6 Å². The lowest BCUT2D eigenvalue weighted by molar-refractivity contribution is 0.161. The lowest BCUT2D eigenvalue weighted by Gasteiger charge is -2.09. The fourth-order valence-corrected chi connectivity index (χ4v) is 4.19. The van der Waals surface area contributed by atoms with Gasteiger partial charge in [0.05, 0.1) is 23.3 Å². The molecule has 0 unspecified atom stereocenters. The zero-order valence-electron chi connectivity index (χ0n) is 19.2. The molecule has 0 saturated heterocycles. The lowest BCUT2D eigenvalue weighted by atomic mass is 9.98. The molecule has 4 aromatic rings. The summed E-state index contributed by atoms with van der Waals surface area (Å²) in [4.78, 5) is 31.3. The Hall–Kier alpha value is -4.27. The monoisotopic (exact) mass is 473 g/mol. The molecule has 9 heteroatoms. The van der Waals surface area contributed by atoms with Crippen molar-refractivity contribution in [3.8, 4) is 11.1 Å². The third kappa shape index (κ3) is 4.70. The van der Waals surface area contributed by atoms with E-state index in [0.717, 1.165) is 35.7 Å². The molecule has 3 N–H and O–H groups in total. The van der Waals surface area contributed by atoms with E-state index in [-0.39, 0.29) is 17.3 Å². The number of hydrogen-bond donors (Lipinski definition) is 3. The zero-order valence-corrected chi connectivity index (χ0v) is 19.2. The predicted molar refractivity (Wildman–Crippen MR) is 132 cm³/mol. The Bertz CT molecular complexity index is 1610. The van der Waals surface area contributed by atoms with Gasteiger partial charge in [0.25, 0.3) is 5.56 Å². The van der Waals surface area contributed by atoms with E-state index in [1.165, 1.54) is 6.07 Å². The summed E-state index contributed by atoms with van der Waals surface area (Å²) in [5, 5.41) is 10.9. The second-order valence-corrected chi connectivity index (χ2v) is 8.38. The maximum absolute atomic E-state index is 14.8. The summed E-state index contributed by atoms with van der Waals surface area (Å²) < 4.78 is 19.9. The number of hydrogen-bond acceptors (Lipinski definition) is 5. The van der Waals surface area contributed by atoms with Gasteiger partial charge in [0.2, 0.25) is 5.95 Å². The van der Waals surface area contributed by atoms with Gasteiger partial charge < -0.3 is 9.72 Å². The Morgan fingerprint density at radius 3 is 2.80 bits per heavy atom. The van der Waals surface area contributed by atoms with Crippen molar-refractivity contribution in [3.63, 3.8) is 0 Å². The summed E-state index contributed by atoms with van der Waals surface area (Å²) in [7, 11) is 0. The molecule has 0 spiro atoms. The van der Waals surface area contributed by atoms with E-state index >= 15 is 0 Å². The summed E-state index contributed by atoms with van der Waals surface area (Å²) in [5.41, 5.74) is 3.79. The number of H-pyrrole nitrogens is 2. The van der Waals surface area contributed by atoms with Crippen molar-refractivity contribution < 1.29 is 13.9 Å². The van der Waals surface area contributed by atoms with Crippen molar-refractivity contribution in [2.24, 2.45) is 0 Å². The van der Waals surface area contributed by atoms with Gasteiger partial charge in [0.15, 0.2) is 0 Å². The topological polar surface area (TPSA) is 113 Å². The number of anilines is 1. The number of halogens is 1.